The largest absolute Gasteiger partial charge is 0.388 e. The molecule has 0 saturated carbocycles. The van der Waals surface area contributed by atoms with Crippen LogP contribution in [-0.2, 0) is 9.47 Å². The molecule has 0 saturated heterocycles. The molecule has 0 amide bonds. The van der Waals surface area contributed by atoms with Gasteiger partial charge in [-0.3, -0.25) is 0 Å². The Bertz CT molecular complexity index is 117. The quantitative estimate of drug-likeness (QED) is 0.531. The molecule has 0 aliphatic heterocycles. The maximum Gasteiger partial charge on any atom is 0.0864 e. The predicted octanol–water partition coefficient (Wildman–Crippen LogP) is 0.00990. The molecule has 0 heterocycles. The second-order valence-electron chi connectivity index (χ2n) is 3.42. The predicted molar refractivity (Wildman–Crippen MR) is 51.9 cm³/mol. The Labute approximate surface area is 80.2 Å². The van der Waals surface area contributed by atoms with Gasteiger partial charge in [0.1, 0.15) is 0 Å². The van der Waals surface area contributed by atoms with Crippen LogP contribution in [0.15, 0.2) is 0 Å². The lowest BCUT2D eigenvalue weighted by molar-refractivity contribution is -0.0222. The van der Waals surface area contributed by atoms with Crippen molar-refractivity contribution in [2.45, 2.75) is 18.9 Å². The van der Waals surface area contributed by atoms with Crippen LogP contribution in [0.5, 0.6) is 0 Å². The SMILES string of the molecule is COCCNCCC(C)(O)COC. The van der Waals surface area contributed by atoms with Crippen LogP contribution in [-0.4, -0.2) is 51.2 Å². The van der Waals surface area contributed by atoms with E-state index in [1.807, 2.05) is 0 Å². The van der Waals surface area contributed by atoms with Crippen molar-refractivity contribution >= 4 is 0 Å². The van der Waals surface area contributed by atoms with Gasteiger partial charge in [0.15, 0.2) is 0 Å². The second-order valence-corrected chi connectivity index (χ2v) is 3.42. The Morgan fingerprint density at radius 2 is 1.92 bits per heavy atom. The van der Waals surface area contributed by atoms with E-state index in [4.69, 9.17) is 9.47 Å². The summed E-state index contributed by atoms with van der Waals surface area (Å²) in [6.07, 6.45) is 0.685. The Morgan fingerprint density at radius 1 is 1.23 bits per heavy atom. The second kappa shape index (κ2) is 7.26. The van der Waals surface area contributed by atoms with Crippen LogP contribution in [0.2, 0.25) is 0 Å². The lowest BCUT2D eigenvalue weighted by atomic mass is 10.0. The fourth-order valence-electron chi connectivity index (χ4n) is 1.04. The lowest BCUT2D eigenvalue weighted by Crippen LogP contribution is -2.35. The minimum Gasteiger partial charge on any atom is -0.388 e. The molecule has 0 aromatic carbocycles. The van der Waals surface area contributed by atoms with Crippen LogP contribution in [0.1, 0.15) is 13.3 Å². The van der Waals surface area contributed by atoms with Gasteiger partial charge in [0, 0.05) is 20.8 Å². The summed E-state index contributed by atoms with van der Waals surface area (Å²) in [7, 11) is 3.26. The zero-order valence-electron chi connectivity index (χ0n) is 8.80. The van der Waals surface area contributed by atoms with Gasteiger partial charge in [-0.15, -0.1) is 0 Å². The van der Waals surface area contributed by atoms with Gasteiger partial charge in [-0.25, -0.2) is 0 Å². The summed E-state index contributed by atoms with van der Waals surface area (Å²) in [4.78, 5) is 0. The molecule has 4 heteroatoms. The van der Waals surface area contributed by atoms with Crippen molar-refractivity contribution in [3.05, 3.63) is 0 Å². The molecule has 0 spiro atoms. The van der Waals surface area contributed by atoms with E-state index in [-0.39, 0.29) is 0 Å². The molecule has 80 valence electrons. The molecule has 0 bridgehead atoms. The number of nitrogens with one attached hydrogen (secondary N) is 1. The van der Waals surface area contributed by atoms with Gasteiger partial charge in [-0.2, -0.15) is 0 Å². The third-order valence-corrected chi connectivity index (χ3v) is 1.78. The van der Waals surface area contributed by atoms with E-state index in [2.05, 4.69) is 5.32 Å². The molecule has 0 radical (unpaired) electrons. The van der Waals surface area contributed by atoms with E-state index in [1.54, 1.807) is 21.1 Å². The zero-order valence-corrected chi connectivity index (χ0v) is 8.80. The molecule has 4 nitrogen and oxygen atoms in total. The molecule has 0 aliphatic carbocycles. The molecular formula is C9H21NO3. The summed E-state index contributed by atoms with van der Waals surface area (Å²) >= 11 is 0. The van der Waals surface area contributed by atoms with E-state index in [0.29, 0.717) is 19.6 Å². The van der Waals surface area contributed by atoms with Crippen molar-refractivity contribution in [2.75, 3.05) is 40.5 Å². The van der Waals surface area contributed by atoms with Crippen LogP contribution >= 0.6 is 0 Å². The van der Waals surface area contributed by atoms with Gasteiger partial charge in [0.2, 0.25) is 0 Å². The number of rotatable bonds is 8. The number of methoxy groups -OCH3 is 2. The minimum atomic E-state index is -0.727. The highest BCUT2D eigenvalue weighted by Crippen LogP contribution is 2.07. The summed E-state index contributed by atoms with van der Waals surface area (Å²) in [5.74, 6) is 0. The van der Waals surface area contributed by atoms with Crippen LogP contribution in [0.3, 0.4) is 0 Å². The maximum atomic E-state index is 9.67. The Hall–Kier alpha value is -0.160. The van der Waals surface area contributed by atoms with Crippen LogP contribution in [0.4, 0.5) is 0 Å². The average molecular weight is 191 g/mol. The molecule has 13 heavy (non-hydrogen) atoms. The topological polar surface area (TPSA) is 50.7 Å². The standard InChI is InChI=1S/C9H21NO3/c1-9(11,8-13-3)4-5-10-6-7-12-2/h10-11H,4-8H2,1-3H3. The summed E-state index contributed by atoms with van der Waals surface area (Å²) in [5.41, 5.74) is -0.727. The molecule has 0 aromatic rings. The van der Waals surface area contributed by atoms with Crippen molar-refractivity contribution in [1.29, 1.82) is 0 Å². The van der Waals surface area contributed by atoms with Gasteiger partial charge in [-0.05, 0) is 19.9 Å². The van der Waals surface area contributed by atoms with Gasteiger partial charge in [0.25, 0.3) is 0 Å². The van der Waals surface area contributed by atoms with Crippen molar-refractivity contribution < 1.29 is 14.6 Å². The number of hydrogen-bond donors (Lipinski definition) is 2. The van der Waals surface area contributed by atoms with Crippen molar-refractivity contribution in [3.63, 3.8) is 0 Å². The fraction of sp³-hybridized carbons (Fsp3) is 1.00. The monoisotopic (exact) mass is 191 g/mol. The van der Waals surface area contributed by atoms with Crippen LogP contribution < -0.4 is 5.32 Å². The van der Waals surface area contributed by atoms with E-state index in [0.717, 1.165) is 13.1 Å². The van der Waals surface area contributed by atoms with E-state index >= 15 is 0 Å². The molecule has 0 aromatic heterocycles. The summed E-state index contributed by atoms with van der Waals surface area (Å²) in [6.45, 7) is 4.44. The van der Waals surface area contributed by atoms with Crippen molar-refractivity contribution in [2.24, 2.45) is 0 Å². The first-order valence-corrected chi connectivity index (χ1v) is 4.53. The first-order chi connectivity index (χ1) is 6.12. The van der Waals surface area contributed by atoms with E-state index in [1.165, 1.54) is 0 Å². The Morgan fingerprint density at radius 3 is 2.46 bits per heavy atom. The maximum absolute atomic E-state index is 9.67. The molecular weight excluding hydrogens is 170 g/mol. The van der Waals surface area contributed by atoms with Crippen molar-refractivity contribution in [1.82, 2.24) is 5.32 Å². The van der Waals surface area contributed by atoms with Crippen molar-refractivity contribution in [3.8, 4) is 0 Å². The normalized spacial score (nSPS) is 15.7. The van der Waals surface area contributed by atoms with Gasteiger partial charge < -0.3 is 19.9 Å². The Kier molecular flexibility index (Phi) is 7.17. The first kappa shape index (κ1) is 12.8. The van der Waals surface area contributed by atoms with Gasteiger partial charge >= 0.3 is 0 Å². The van der Waals surface area contributed by atoms with E-state index < -0.39 is 5.60 Å². The summed E-state index contributed by atoms with van der Waals surface area (Å²) in [6, 6.07) is 0. The summed E-state index contributed by atoms with van der Waals surface area (Å²) in [5, 5.41) is 12.8. The highest BCUT2D eigenvalue weighted by Gasteiger charge is 2.18. The third-order valence-electron chi connectivity index (χ3n) is 1.78. The first-order valence-electron chi connectivity index (χ1n) is 4.53. The highest BCUT2D eigenvalue weighted by atomic mass is 16.5. The van der Waals surface area contributed by atoms with Crippen LogP contribution in [0, 0.1) is 0 Å². The Balaban J connectivity index is 3.29. The molecule has 0 aliphatic rings. The third kappa shape index (κ3) is 8.18. The van der Waals surface area contributed by atoms with Gasteiger partial charge in [-0.1, -0.05) is 0 Å². The molecule has 1 unspecified atom stereocenters. The fourth-order valence-corrected chi connectivity index (χ4v) is 1.04. The van der Waals surface area contributed by atoms with Gasteiger partial charge in [0.05, 0.1) is 18.8 Å². The minimum absolute atomic E-state index is 0.374. The molecule has 2 N–H and O–H groups in total. The molecule has 0 fully saturated rings. The smallest absolute Gasteiger partial charge is 0.0864 e. The molecule has 0 rings (SSSR count). The number of aliphatic hydroxyl groups is 1. The molecule has 1 atom stereocenters. The number of hydrogen-bond acceptors (Lipinski definition) is 4. The number of ether oxygens (including phenoxy) is 2. The zero-order chi connectivity index (χ0) is 10.2. The van der Waals surface area contributed by atoms with E-state index in [9.17, 15) is 5.11 Å². The average Bonchev–Trinajstić information content (AvgIpc) is 2.04. The highest BCUT2D eigenvalue weighted by molar-refractivity contribution is 4.72. The summed E-state index contributed by atoms with van der Waals surface area (Å²) < 4.78 is 9.75. The lowest BCUT2D eigenvalue weighted by Gasteiger charge is -2.22. The van der Waals surface area contributed by atoms with Crippen LogP contribution in [0.25, 0.3) is 0 Å².